The number of amides is 1. The van der Waals surface area contributed by atoms with Crippen LogP contribution in [-0.4, -0.2) is 47.3 Å². The Balaban J connectivity index is 1.90. The van der Waals surface area contributed by atoms with Gasteiger partial charge in [-0.05, 0) is 24.6 Å². The maximum Gasteiger partial charge on any atom is 0.338 e. The molecular formula is C20H18BrFN4O3S. The first-order chi connectivity index (χ1) is 14.5. The predicted octanol–water partition coefficient (Wildman–Crippen LogP) is 3.18. The maximum atomic E-state index is 13.7. The van der Waals surface area contributed by atoms with Crippen molar-refractivity contribution in [2.24, 2.45) is 4.99 Å². The van der Waals surface area contributed by atoms with E-state index in [0.717, 1.165) is 5.70 Å². The zero-order valence-corrected chi connectivity index (χ0v) is 18.4. The lowest BCUT2D eigenvalue weighted by molar-refractivity contribution is -0.139. The molecular weight excluding hydrogens is 475 g/mol. The summed E-state index contributed by atoms with van der Waals surface area (Å²) in [5.41, 5.74) is 1.77. The second-order valence-electron chi connectivity index (χ2n) is 6.74. The van der Waals surface area contributed by atoms with E-state index < -0.39 is 17.8 Å². The predicted molar refractivity (Wildman–Crippen MR) is 113 cm³/mol. The van der Waals surface area contributed by atoms with E-state index in [1.807, 2.05) is 10.3 Å². The molecule has 30 heavy (non-hydrogen) atoms. The zero-order chi connectivity index (χ0) is 21.3. The first-order valence-electron chi connectivity index (χ1n) is 9.33. The third kappa shape index (κ3) is 3.77. The average Bonchev–Trinajstić information content (AvgIpc) is 3.37. The van der Waals surface area contributed by atoms with Crippen LogP contribution in [0, 0.1) is 5.82 Å². The highest BCUT2D eigenvalue weighted by Crippen LogP contribution is 2.42. The minimum Gasteiger partial charge on any atom is -0.463 e. The molecule has 2 aromatic rings. The average molecular weight is 493 g/mol. The summed E-state index contributed by atoms with van der Waals surface area (Å²) in [6, 6.07) is 3.42. The quantitative estimate of drug-likeness (QED) is 0.494. The number of hydrogen-bond donors (Lipinski definition) is 1. The number of hydrogen-bond acceptors (Lipinski definition) is 7. The van der Waals surface area contributed by atoms with E-state index in [0.29, 0.717) is 45.8 Å². The smallest absolute Gasteiger partial charge is 0.338 e. The van der Waals surface area contributed by atoms with Gasteiger partial charge in [0.1, 0.15) is 11.9 Å². The summed E-state index contributed by atoms with van der Waals surface area (Å²) in [5.74, 6) is -0.259. The van der Waals surface area contributed by atoms with Crippen LogP contribution in [0.3, 0.4) is 0 Å². The summed E-state index contributed by atoms with van der Waals surface area (Å²) in [5, 5.41) is 5.34. The van der Waals surface area contributed by atoms with Crippen LogP contribution >= 0.6 is 27.3 Å². The van der Waals surface area contributed by atoms with E-state index in [1.165, 1.54) is 23.5 Å². The van der Waals surface area contributed by atoms with Gasteiger partial charge in [0.25, 0.3) is 0 Å². The van der Waals surface area contributed by atoms with Gasteiger partial charge in [-0.25, -0.2) is 14.2 Å². The molecule has 4 rings (SSSR count). The molecule has 2 aliphatic rings. The molecule has 1 fully saturated rings. The van der Waals surface area contributed by atoms with Gasteiger partial charge in [-0.3, -0.25) is 9.79 Å². The Labute approximate surface area is 184 Å². The Kier molecular flexibility index (Phi) is 5.96. The third-order valence-corrected chi connectivity index (χ3v) is 6.40. The van der Waals surface area contributed by atoms with E-state index in [-0.39, 0.29) is 12.6 Å². The van der Waals surface area contributed by atoms with Crippen molar-refractivity contribution in [3.05, 3.63) is 61.9 Å². The van der Waals surface area contributed by atoms with Crippen molar-refractivity contribution >= 4 is 45.5 Å². The number of fused-ring (bicyclic) bond motifs is 1. The summed E-state index contributed by atoms with van der Waals surface area (Å²) >= 11 is 4.84. The van der Waals surface area contributed by atoms with Crippen molar-refractivity contribution in [2.75, 3.05) is 13.2 Å². The highest BCUT2D eigenvalue weighted by Gasteiger charge is 2.42. The van der Waals surface area contributed by atoms with Crippen molar-refractivity contribution in [3.8, 4) is 0 Å². The fraction of sp³-hybridized carbons (Fsp3) is 0.300. The minimum absolute atomic E-state index is 0.178. The van der Waals surface area contributed by atoms with E-state index >= 15 is 0 Å². The fourth-order valence-corrected chi connectivity index (χ4v) is 4.93. The zero-order valence-electron chi connectivity index (χ0n) is 16.0. The van der Waals surface area contributed by atoms with Crippen LogP contribution in [0.15, 0.2) is 50.5 Å². The van der Waals surface area contributed by atoms with Gasteiger partial charge in [0.15, 0.2) is 10.8 Å². The van der Waals surface area contributed by atoms with Gasteiger partial charge in [-0.15, -0.1) is 11.3 Å². The van der Waals surface area contributed by atoms with Crippen LogP contribution in [0.1, 0.15) is 30.0 Å². The van der Waals surface area contributed by atoms with Gasteiger partial charge >= 0.3 is 5.97 Å². The van der Waals surface area contributed by atoms with Crippen molar-refractivity contribution < 1.29 is 18.7 Å². The SMILES string of the molecule is CCOC(=O)C1=C2CC(NC=O)CN2C(c2nccs2)=N[C@H]1c1ccc(F)cc1Br. The van der Waals surface area contributed by atoms with Gasteiger partial charge in [0.05, 0.1) is 18.2 Å². The lowest BCUT2D eigenvalue weighted by atomic mass is 9.94. The molecule has 156 valence electrons. The number of amidine groups is 1. The number of thiazole rings is 1. The van der Waals surface area contributed by atoms with Gasteiger partial charge in [0.2, 0.25) is 6.41 Å². The number of benzene rings is 1. The summed E-state index contributed by atoms with van der Waals surface area (Å²) in [7, 11) is 0. The van der Waals surface area contributed by atoms with Crippen LogP contribution in [0.25, 0.3) is 0 Å². The van der Waals surface area contributed by atoms with Crippen LogP contribution < -0.4 is 5.32 Å². The number of aromatic nitrogens is 1. The summed E-state index contributed by atoms with van der Waals surface area (Å²) in [4.78, 5) is 35.2. The molecule has 2 aliphatic heterocycles. The first kappa shape index (κ1) is 20.7. The number of carbonyl (C=O) groups is 2. The number of ether oxygens (including phenoxy) is 1. The number of aliphatic imine (C=N–C) groups is 1. The second-order valence-corrected chi connectivity index (χ2v) is 8.48. The third-order valence-electron chi connectivity index (χ3n) is 4.94. The van der Waals surface area contributed by atoms with E-state index in [1.54, 1.807) is 19.2 Å². The number of nitrogens with one attached hydrogen (secondary N) is 1. The highest BCUT2D eigenvalue weighted by atomic mass is 79.9. The van der Waals surface area contributed by atoms with Crippen molar-refractivity contribution in [1.29, 1.82) is 0 Å². The molecule has 0 bridgehead atoms. The molecule has 2 atom stereocenters. The van der Waals surface area contributed by atoms with Crippen LogP contribution in [0.4, 0.5) is 4.39 Å². The number of carbonyl (C=O) groups excluding carboxylic acids is 2. The van der Waals surface area contributed by atoms with Crippen molar-refractivity contribution in [3.63, 3.8) is 0 Å². The second kappa shape index (κ2) is 8.65. The monoisotopic (exact) mass is 492 g/mol. The molecule has 3 heterocycles. The van der Waals surface area contributed by atoms with Crippen molar-refractivity contribution in [1.82, 2.24) is 15.2 Å². The Morgan fingerprint density at radius 3 is 3.00 bits per heavy atom. The summed E-state index contributed by atoms with van der Waals surface area (Å²) in [6.07, 6.45) is 2.79. The van der Waals surface area contributed by atoms with Crippen LogP contribution in [0.2, 0.25) is 0 Å². The first-order valence-corrected chi connectivity index (χ1v) is 11.0. The van der Waals surface area contributed by atoms with Crippen molar-refractivity contribution in [2.45, 2.75) is 25.4 Å². The lowest BCUT2D eigenvalue weighted by Gasteiger charge is -2.31. The number of esters is 1. The van der Waals surface area contributed by atoms with Gasteiger partial charge in [0, 0.05) is 34.7 Å². The Hall–Kier alpha value is -2.59. The van der Waals surface area contributed by atoms with Gasteiger partial charge in [-0.1, -0.05) is 22.0 Å². The number of nitrogens with zero attached hydrogens (tertiary/aromatic N) is 3. The molecule has 0 radical (unpaired) electrons. The molecule has 0 spiro atoms. The van der Waals surface area contributed by atoms with E-state index in [4.69, 9.17) is 9.73 Å². The van der Waals surface area contributed by atoms with E-state index in [9.17, 15) is 14.0 Å². The molecule has 1 amide bonds. The molecule has 1 N–H and O–H groups in total. The molecule has 7 nitrogen and oxygen atoms in total. The Morgan fingerprint density at radius 2 is 2.33 bits per heavy atom. The topological polar surface area (TPSA) is 83.9 Å². The molecule has 10 heteroatoms. The highest BCUT2D eigenvalue weighted by molar-refractivity contribution is 9.10. The molecule has 1 aromatic heterocycles. The standard InChI is InChI=1S/C20H18BrFN4O3S/c1-2-29-20(28)16-15-8-12(24-10-27)9-26(15)18(19-23-5-6-30-19)25-17(16)13-4-3-11(22)7-14(13)21/h3-7,10,12,17H,2,8-9H2,1H3,(H,24,27)/t12?,17-/m0/s1. The van der Waals surface area contributed by atoms with Gasteiger partial charge < -0.3 is 15.0 Å². The Morgan fingerprint density at radius 1 is 1.50 bits per heavy atom. The minimum atomic E-state index is -0.695. The Bertz CT molecular complexity index is 1040. The van der Waals surface area contributed by atoms with Crippen LogP contribution in [-0.2, 0) is 14.3 Å². The number of rotatable bonds is 6. The maximum absolute atomic E-state index is 13.7. The summed E-state index contributed by atoms with van der Waals surface area (Å²) < 4.78 is 19.6. The number of halogens is 2. The molecule has 1 unspecified atom stereocenters. The molecule has 0 saturated carbocycles. The molecule has 0 aliphatic carbocycles. The largest absolute Gasteiger partial charge is 0.463 e. The molecule has 1 saturated heterocycles. The lowest BCUT2D eigenvalue weighted by Crippen LogP contribution is -2.37. The van der Waals surface area contributed by atoms with E-state index in [2.05, 4.69) is 26.2 Å². The fourth-order valence-electron chi connectivity index (χ4n) is 3.72. The van der Waals surface area contributed by atoms with Crippen LogP contribution in [0.5, 0.6) is 0 Å². The summed E-state index contributed by atoms with van der Waals surface area (Å²) in [6.45, 7) is 2.42. The van der Waals surface area contributed by atoms with Gasteiger partial charge in [-0.2, -0.15) is 0 Å². The molecule has 1 aromatic carbocycles. The normalized spacial score (nSPS) is 20.6.